The molecular formula is C22H16N4O6S4. The van der Waals surface area contributed by atoms with Gasteiger partial charge >= 0.3 is 0 Å². The predicted octanol–water partition coefficient (Wildman–Crippen LogP) is 2.61. The molecule has 2 fully saturated rings. The summed E-state index contributed by atoms with van der Waals surface area (Å²) in [6, 6.07) is 11.6. The molecule has 2 aromatic carbocycles. The van der Waals surface area contributed by atoms with E-state index in [-0.39, 0.29) is 43.0 Å². The van der Waals surface area contributed by atoms with Gasteiger partial charge in [-0.25, -0.2) is 0 Å². The highest BCUT2D eigenvalue weighted by Crippen LogP contribution is 2.42. The number of carbonyl (C=O) groups excluding carboxylic acids is 4. The van der Waals surface area contributed by atoms with Gasteiger partial charge < -0.3 is 20.8 Å². The summed E-state index contributed by atoms with van der Waals surface area (Å²) in [5.41, 5.74) is 0.851. The van der Waals surface area contributed by atoms with Crippen LogP contribution in [0.1, 0.15) is 0 Å². The lowest BCUT2D eigenvalue weighted by molar-refractivity contribution is -0.127. The van der Waals surface area contributed by atoms with E-state index in [9.17, 15) is 29.4 Å². The van der Waals surface area contributed by atoms with Gasteiger partial charge in [-0.05, 0) is 48.5 Å². The number of phenols is 2. The fourth-order valence-corrected chi connectivity index (χ4v) is 5.79. The molecule has 10 nitrogen and oxygen atoms in total. The maximum atomic E-state index is 13.0. The van der Waals surface area contributed by atoms with Gasteiger partial charge in [0.2, 0.25) is 11.8 Å². The average Bonchev–Trinajstić information content (AvgIpc) is 3.26. The molecule has 2 heterocycles. The number of phenolic OH excluding ortho intramolecular Hbond substituents is 2. The first kappa shape index (κ1) is 25.6. The molecule has 4 N–H and O–H groups in total. The summed E-state index contributed by atoms with van der Waals surface area (Å²) < 4.78 is 0.206. The highest BCUT2D eigenvalue weighted by Gasteiger charge is 2.43. The minimum Gasteiger partial charge on any atom is -0.508 e. The molecule has 184 valence electrons. The maximum absolute atomic E-state index is 13.0. The van der Waals surface area contributed by atoms with Crippen molar-refractivity contribution in [1.29, 1.82) is 0 Å². The van der Waals surface area contributed by atoms with Crippen molar-refractivity contribution in [3.05, 3.63) is 58.3 Å². The summed E-state index contributed by atoms with van der Waals surface area (Å²) in [5, 5.41) is 23.9. The van der Waals surface area contributed by atoms with Gasteiger partial charge in [0.25, 0.3) is 11.8 Å². The number of hydrogen-bond donors (Lipinski definition) is 4. The first-order valence-electron chi connectivity index (χ1n) is 10.1. The van der Waals surface area contributed by atoms with E-state index < -0.39 is 23.6 Å². The number of amides is 4. The van der Waals surface area contributed by atoms with Crippen molar-refractivity contribution < 1.29 is 29.4 Å². The lowest BCUT2D eigenvalue weighted by atomic mass is 10.3. The number of nitrogens with zero attached hydrogens (tertiary/aromatic N) is 2. The van der Waals surface area contributed by atoms with Gasteiger partial charge in [0.15, 0.2) is 0 Å². The monoisotopic (exact) mass is 560 g/mol. The molecule has 2 aliphatic heterocycles. The quantitative estimate of drug-likeness (QED) is 0.237. The van der Waals surface area contributed by atoms with Gasteiger partial charge in [0.1, 0.15) is 33.2 Å². The lowest BCUT2D eigenvalue weighted by Gasteiger charge is -2.14. The molecule has 2 saturated heterocycles. The first-order valence-corrected chi connectivity index (χ1v) is 12.6. The Bertz CT molecular complexity index is 1230. The summed E-state index contributed by atoms with van der Waals surface area (Å²) in [7, 11) is 0. The van der Waals surface area contributed by atoms with Crippen LogP contribution >= 0.6 is 48.0 Å². The normalized spacial score (nSPS) is 17.7. The maximum Gasteiger partial charge on any atom is 0.268 e. The molecule has 36 heavy (non-hydrogen) atoms. The molecule has 14 heteroatoms. The molecular weight excluding hydrogens is 545 g/mol. The zero-order valence-corrected chi connectivity index (χ0v) is 21.4. The van der Waals surface area contributed by atoms with E-state index in [1.165, 1.54) is 48.5 Å². The van der Waals surface area contributed by atoms with Gasteiger partial charge in [-0.2, -0.15) is 0 Å². The van der Waals surface area contributed by atoms with Crippen LogP contribution in [0.2, 0.25) is 0 Å². The molecule has 0 aromatic heterocycles. The predicted molar refractivity (Wildman–Crippen MR) is 144 cm³/mol. The molecule has 0 spiro atoms. The Morgan fingerprint density at radius 2 is 1.03 bits per heavy atom. The zero-order valence-electron chi connectivity index (χ0n) is 18.1. The molecule has 0 aliphatic carbocycles. The fraction of sp³-hybridized carbons (Fsp3) is 0.0909. The number of thiocarbonyl (C=S) groups is 2. The molecule has 0 bridgehead atoms. The van der Waals surface area contributed by atoms with E-state index in [1.54, 1.807) is 0 Å². The number of rotatable bonds is 6. The van der Waals surface area contributed by atoms with E-state index in [2.05, 4.69) is 10.6 Å². The van der Waals surface area contributed by atoms with E-state index in [1.807, 2.05) is 0 Å². The van der Waals surface area contributed by atoms with Gasteiger partial charge in [-0.3, -0.25) is 29.0 Å². The molecule has 0 atom stereocenters. The molecule has 0 unspecified atom stereocenters. The van der Waals surface area contributed by atoms with Gasteiger partial charge in [-0.15, -0.1) is 0 Å². The van der Waals surface area contributed by atoms with Crippen LogP contribution in [-0.2, 0) is 19.2 Å². The molecule has 2 aromatic rings. The second-order valence-electron chi connectivity index (χ2n) is 7.37. The van der Waals surface area contributed by atoms with Crippen LogP contribution in [-0.4, -0.2) is 65.4 Å². The van der Waals surface area contributed by atoms with Gasteiger partial charge in [0.05, 0.1) is 9.81 Å². The number of anilines is 2. The summed E-state index contributed by atoms with van der Waals surface area (Å²) in [4.78, 5) is 53.1. The van der Waals surface area contributed by atoms with Crippen LogP contribution in [0.3, 0.4) is 0 Å². The Kier molecular flexibility index (Phi) is 7.59. The van der Waals surface area contributed by atoms with Crippen LogP contribution in [0, 0.1) is 0 Å². The van der Waals surface area contributed by atoms with Crippen molar-refractivity contribution in [1.82, 2.24) is 9.80 Å². The first-order chi connectivity index (χ1) is 17.1. The SMILES string of the molecule is O=C(CN1C(=O)/C(=C2\SC(=S)N(CC(=O)Nc3ccc(O)cc3)C2=O)SC1=S)Nc1ccc(O)cc1. The van der Waals surface area contributed by atoms with Crippen molar-refractivity contribution in [2.24, 2.45) is 0 Å². The van der Waals surface area contributed by atoms with Crippen LogP contribution in [0.4, 0.5) is 11.4 Å². The molecule has 4 rings (SSSR count). The minimum atomic E-state index is -0.611. The van der Waals surface area contributed by atoms with Gasteiger partial charge in [0, 0.05) is 11.4 Å². The Morgan fingerprint density at radius 1 is 0.694 bits per heavy atom. The molecule has 2 aliphatic rings. The number of hydrogen-bond acceptors (Lipinski definition) is 10. The Morgan fingerprint density at radius 3 is 1.36 bits per heavy atom. The van der Waals surface area contributed by atoms with Crippen molar-refractivity contribution in [2.75, 3.05) is 23.7 Å². The Balaban J connectivity index is 1.42. The second-order valence-corrected chi connectivity index (χ2v) is 10.7. The average molecular weight is 561 g/mol. The third-order valence-corrected chi connectivity index (χ3v) is 7.84. The highest BCUT2D eigenvalue weighted by atomic mass is 32.2. The van der Waals surface area contributed by atoms with Crippen molar-refractivity contribution in [3.63, 3.8) is 0 Å². The smallest absolute Gasteiger partial charge is 0.268 e. The number of aromatic hydroxyl groups is 2. The molecule has 4 amide bonds. The lowest BCUT2D eigenvalue weighted by Crippen LogP contribution is -2.37. The van der Waals surface area contributed by atoms with Crippen LogP contribution in [0.5, 0.6) is 11.5 Å². The van der Waals surface area contributed by atoms with E-state index in [0.717, 1.165) is 33.3 Å². The largest absolute Gasteiger partial charge is 0.508 e. The van der Waals surface area contributed by atoms with Crippen molar-refractivity contribution in [2.45, 2.75) is 0 Å². The highest BCUT2D eigenvalue weighted by molar-refractivity contribution is 8.29. The topological polar surface area (TPSA) is 139 Å². The van der Waals surface area contributed by atoms with Crippen LogP contribution in [0.25, 0.3) is 0 Å². The molecule has 0 saturated carbocycles. The van der Waals surface area contributed by atoms with E-state index >= 15 is 0 Å². The van der Waals surface area contributed by atoms with E-state index in [0.29, 0.717) is 11.4 Å². The fourth-order valence-electron chi connectivity index (χ4n) is 3.12. The Labute approximate surface area is 223 Å². The summed E-state index contributed by atoms with van der Waals surface area (Å²) in [6.45, 7) is -0.741. The summed E-state index contributed by atoms with van der Waals surface area (Å²) in [6.07, 6.45) is 0. The van der Waals surface area contributed by atoms with Crippen molar-refractivity contribution >= 4 is 91.6 Å². The zero-order chi connectivity index (χ0) is 26.0. The second kappa shape index (κ2) is 10.7. The third-order valence-electron chi connectivity index (χ3n) is 4.81. The van der Waals surface area contributed by atoms with Gasteiger partial charge in [-0.1, -0.05) is 48.0 Å². The number of benzene rings is 2. The summed E-state index contributed by atoms with van der Waals surface area (Å²) in [5.74, 6) is -2.17. The Hall–Kier alpha value is -3.46. The molecule has 0 radical (unpaired) electrons. The standard InChI is InChI=1S/C22H16N4O6S4/c27-13-5-1-11(2-6-13)23-15(29)9-25-19(31)17(35-21(25)33)18-20(32)26(22(34)36-18)10-16(30)24-12-3-7-14(28)8-4-12/h1-8,27-28H,9-10H2,(H,23,29)(H,24,30)/b18-17+. The summed E-state index contributed by atoms with van der Waals surface area (Å²) >= 11 is 12.3. The van der Waals surface area contributed by atoms with Crippen LogP contribution in [0.15, 0.2) is 58.3 Å². The van der Waals surface area contributed by atoms with Crippen LogP contribution < -0.4 is 10.6 Å². The minimum absolute atomic E-state index is 0.0382. The number of nitrogens with one attached hydrogen (secondary N) is 2. The number of carbonyl (C=O) groups is 4. The number of thioether (sulfide) groups is 2. The van der Waals surface area contributed by atoms with E-state index in [4.69, 9.17) is 24.4 Å². The van der Waals surface area contributed by atoms with Crippen molar-refractivity contribution in [3.8, 4) is 11.5 Å². The third kappa shape index (κ3) is 5.67.